The molecule has 0 bridgehead atoms. The van der Waals surface area contributed by atoms with Crippen LogP contribution in [-0.2, 0) is 16.8 Å². The third kappa shape index (κ3) is 5.46. The van der Waals surface area contributed by atoms with Gasteiger partial charge in [-0.15, -0.1) is 0 Å². The van der Waals surface area contributed by atoms with E-state index >= 15 is 0 Å². The van der Waals surface area contributed by atoms with Crippen molar-refractivity contribution in [1.82, 2.24) is 0 Å². The minimum Gasteiger partial charge on any atom is -0.326 e. The molecule has 0 spiro atoms. The number of benzene rings is 2. The highest BCUT2D eigenvalue weighted by Gasteiger charge is 2.39. The van der Waals surface area contributed by atoms with Gasteiger partial charge in [-0.2, -0.15) is 0 Å². The van der Waals surface area contributed by atoms with Crippen molar-refractivity contribution < 1.29 is 4.79 Å². The molecule has 2 N–H and O–H groups in total. The van der Waals surface area contributed by atoms with Gasteiger partial charge in [0.1, 0.15) is 5.78 Å². The monoisotopic (exact) mass is 404 g/mol. The molecule has 2 atom stereocenters. The summed E-state index contributed by atoms with van der Waals surface area (Å²) < 4.78 is 0. The lowest BCUT2D eigenvalue weighted by Gasteiger charge is -2.31. The smallest absolute Gasteiger partial charge is 0.135 e. The molecule has 0 saturated heterocycles. The van der Waals surface area contributed by atoms with Crippen LogP contribution in [0.25, 0.3) is 0 Å². The van der Waals surface area contributed by atoms with Crippen LogP contribution < -0.4 is 5.73 Å². The van der Waals surface area contributed by atoms with Crippen molar-refractivity contribution in [2.75, 3.05) is 0 Å². The van der Waals surface area contributed by atoms with Gasteiger partial charge >= 0.3 is 0 Å². The van der Waals surface area contributed by atoms with Crippen molar-refractivity contribution in [3.63, 3.8) is 0 Å². The molecule has 2 saturated carbocycles. The topological polar surface area (TPSA) is 55.5 Å². The molecule has 5 rings (SSSR count). The highest BCUT2D eigenvalue weighted by molar-refractivity contribution is 6.01. The van der Waals surface area contributed by atoms with Crippen molar-refractivity contribution in [3.05, 3.63) is 65.7 Å². The third-order valence-corrected chi connectivity index (χ3v) is 6.67. The van der Waals surface area contributed by atoms with E-state index in [0.29, 0.717) is 18.2 Å². The van der Waals surface area contributed by atoms with Crippen molar-refractivity contribution in [1.29, 1.82) is 0 Å². The van der Waals surface area contributed by atoms with Crippen molar-refractivity contribution in [3.8, 4) is 0 Å². The van der Waals surface area contributed by atoms with E-state index in [1.54, 1.807) is 0 Å². The predicted octanol–water partition coefficient (Wildman–Crippen LogP) is 6.52. The molecule has 3 heteroatoms. The van der Waals surface area contributed by atoms with Gasteiger partial charge < -0.3 is 5.73 Å². The molecule has 3 nitrogen and oxygen atoms in total. The lowest BCUT2D eigenvalue weighted by Crippen LogP contribution is -2.32. The van der Waals surface area contributed by atoms with Gasteiger partial charge in [-0.1, -0.05) is 75.2 Å². The molecular formula is C27H36N2O. The Morgan fingerprint density at radius 2 is 1.67 bits per heavy atom. The lowest BCUT2D eigenvalue weighted by molar-refractivity contribution is -0.123. The maximum Gasteiger partial charge on any atom is 0.135 e. The normalized spacial score (nSPS) is 24.3. The molecule has 0 amide bonds. The van der Waals surface area contributed by atoms with Gasteiger partial charge in [-0.3, -0.25) is 9.79 Å². The van der Waals surface area contributed by atoms with Gasteiger partial charge in [0.2, 0.25) is 0 Å². The van der Waals surface area contributed by atoms with E-state index in [0.717, 1.165) is 19.3 Å². The Kier molecular flexibility index (Phi) is 7.98. The molecule has 2 unspecified atom stereocenters. The zero-order chi connectivity index (χ0) is 21.4. The van der Waals surface area contributed by atoms with Gasteiger partial charge in [0.25, 0.3) is 0 Å². The second kappa shape index (κ2) is 10.7. The molecular weight excluding hydrogens is 368 g/mol. The van der Waals surface area contributed by atoms with Gasteiger partial charge in [-0.05, 0) is 49.3 Å². The third-order valence-electron chi connectivity index (χ3n) is 6.67. The fraction of sp³-hybridized carbons (Fsp3) is 0.481. The maximum atomic E-state index is 10.8. The van der Waals surface area contributed by atoms with Crippen LogP contribution in [0.1, 0.15) is 76.3 Å². The summed E-state index contributed by atoms with van der Waals surface area (Å²) in [6, 6.07) is 18.6. The van der Waals surface area contributed by atoms with E-state index in [1.807, 2.05) is 37.3 Å². The summed E-state index contributed by atoms with van der Waals surface area (Å²) in [5.41, 5.74) is 10.9. The van der Waals surface area contributed by atoms with Crippen molar-refractivity contribution in [2.45, 2.75) is 77.2 Å². The maximum absolute atomic E-state index is 10.8. The average Bonchev–Trinajstić information content (AvgIpc) is 3.10. The predicted molar refractivity (Wildman–Crippen MR) is 126 cm³/mol. The van der Waals surface area contributed by atoms with Gasteiger partial charge in [0, 0.05) is 30.0 Å². The number of hydrogen-bond donors (Lipinski definition) is 1. The number of hydrogen-bond acceptors (Lipinski definition) is 3. The lowest BCUT2D eigenvalue weighted by atomic mass is 9.71. The Morgan fingerprint density at radius 1 is 0.967 bits per heavy atom. The molecule has 1 aliphatic heterocycles. The first-order valence-electron chi connectivity index (χ1n) is 11.5. The van der Waals surface area contributed by atoms with E-state index in [4.69, 9.17) is 10.7 Å². The van der Waals surface area contributed by atoms with E-state index in [-0.39, 0.29) is 5.41 Å². The highest BCUT2D eigenvalue weighted by Crippen LogP contribution is 2.46. The molecule has 3 aliphatic rings. The summed E-state index contributed by atoms with van der Waals surface area (Å²) in [7, 11) is 0. The van der Waals surface area contributed by atoms with Gasteiger partial charge in [0.05, 0.1) is 5.69 Å². The number of aliphatic imine (C=N–C) groups is 1. The van der Waals surface area contributed by atoms with Crippen LogP contribution in [0.2, 0.25) is 0 Å². The molecule has 2 aromatic rings. The van der Waals surface area contributed by atoms with Crippen molar-refractivity contribution in [2.24, 2.45) is 16.6 Å². The Bertz CT molecular complexity index is 858. The number of rotatable bonds is 1. The summed E-state index contributed by atoms with van der Waals surface area (Å²) in [6.45, 7) is 5.03. The first kappa shape index (κ1) is 22.4. The summed E-state index contributed by atoms with van der Waals surface area (Å²) in [4.78, 5) is 15.6. The zero-order valence-electron chi connectivity index (χ0n) is 18.6. The van der Waals surface area contributed by atoms with Crippen molar-refractivity contribution >= 4 is 17.2 Å². The molecule has 2 aromatic carbocycles. The van der Waals surface area contributed by atoms with Crippen LogP contribution in [0.5, 0.6) is 0 Å². The van der Waals surface area contributed by atoms with Crippen LogP contribution in [-0.4, -0.2) is 11.5 Å². The Labute approximate surface area is 181 Å². The van der Waals surface area contributed by atoms with Gasteiger partial charge in [0.15, 0.2) is 0 Å². The van der Waals surface area contributed by atoms with Gasteiger partial charge in [-0.25, -0.2) is 0 Å². The molecule has 30 heavy (non-hydrogen) atoms. The number of carbonyl (C=O) groups is 1. The van der Waals surface area contributed by atoms with E-state index in [9.17, 15) is 4.79 Å². The number of ketones is 1. The Morgan fingerprint density at radius 3 is 2.30 bits per heavy atom. The first-order chi connectivity index (χ1) is 14.5. The minimum atomic E-state index is 0.273. The molecule has 0 radical (unpaired) electrons. The number of fused-ring (bicyclic) bond motifs is 3. The van der Waals surface area contributed by atoms with E-state index < -0.39 is 0 Å². The number of nitrogens with two attached hydrogens (primary N) is 1. The first-order valence-corrected chi connectivity index (χ1v) is 11.5. The van der Waals surface area contributed by atoms with Crippen LogP contribution in [0.15, 0.2) is 59.6 Å². The van der Waals surface area contributed by atoms with E-state index in [2.05, 4.69) is 31.2 Å². The summed E-state index contributed by atoms with van der Waals surface area (Å²) in [6.07, 6.45) is 9.50. The standard InChI is InChI=1S/C13H15N.C7H9N.C7H12O/c1-13-9-5-4-8-12(13)14-11-7-3-2-6-10(11)13;8-6-7-4-2-1-3-5-7;1-6-4-2-3-5-7(6)8/h2-3,6-7H,4-5,8-9H2,1H3;1-5H,6,8H2;6H,2-5H2,1H3. The highest BCUT2D eigenvalue weighted by atomic mass is 16.1. The van der Waals surface area contributed by atoms with Crippen LogP contribution in [0, 0.1) is 5.92 Å². The fourth-order valence-electron chi connectivity index (χ4n) is 4.61. The quantitative estimate of drug-likeness (QED) is 0.588. The summed E-state index contributed by atoms with van der Waals surface area (Å²) in [5, 5.41) is 0. The van der Waals surface area contributed by atoms with Crippen LogP contribution >= 0.6 is 0 Å². The molecule has 2 fully saturated rings. The number of nitrogens with zero attached hydrogens (tertiary/aromatic N) is 1. The second-order valence-corrected chi connectivity index (χ2v) is 8.92. The number of para-hydroxylation sites is 1. The molecule has 160 valence electrons. The second-order valence-electron chi connectivity index (χ2n) is 8.92. The minimum absolute atomic E-state index is 0.273. The fourth-order valence-corrected chi connectivity index (χ4v) is 4.61. The largest absolute Gasteiger partial charge is 0.326 e. The SMILES string of the molecule is CC12CCCCC1=Nc1ccccc12.CC1CCCCC1=O.NCc1ccccc1. The number of Topliss-reactive ketones (excluding diaryl/α,β-unsaturated/α-hetero) is 1. The zero-order valence-corrected chi connectivity index (χ0v) is 18.6. The molecule has 2 aliphatic carbocycles. The summed E-state index contributed by atoms with van der Waals surface area (Å²) >= 11 is 0. The molecule has 1 heterocycles. The Balaban J connectivity index is 0.000000138. The molecule has 0 aromatic heterocycles. The average molecular weight is 405 g/mol. The van der Waals surface area contributed by atoms with Crippen LogP contribution in [0.4, 0.5) is 5.69 Å². The van der Waals surface area contributed by atoms with E-state index in [1.165, 1.54) is 54.6 Å². The summed E-state index contributed by atoms with van der Waals surface area (Å²) in [5.74, 6) is 0.833. The van der Waals surface area contributed by atoms with Crippen LogP contribution in [0.3, 0.4) is 0 Å². The number of carbonyl (C=O) groups excluding carboxylic acids is 1. The Hall–Kier alpha value is -2.26.